The summed E-state index contributed by atoms with van der Waals surface area (Å²) in [5.41, 5.74) is 8.02. The van der Waals surface area contributed by atoms with Gasteiger partial charge in [0.05, 0.1) is 11.4 Å². The number of aryl methyl sites for hydroxylation is 1. The van der Waals surface area contributed by atoms with Crippen LogP contribution in [0.15, 0.2) is 5.03 Å². The van der Waals surface area contributed by atoms with Crippen LogP contribution in [0.5, 0.6) is 0 Å². The van der Waals surface area contributed by atoms with Crippen molar-refractivity contribution in [2.45, 2.75) is 50.8 Å². The lowest BCUT2D eigenvalue weighted by Crippen LogP contribution is -2.07. The van der Waals surface area contributed by atoms with Gasteiger partial charge in [0.1, 0.15) is 5.03 Å². The third-order valence-electron chi connectivity index (χ3n) is 2.84. The molecule has 0 aliphatic rings. The second-order valence-corrected chi connectivity index (χ2v) is 6.32. The molecule has 4 heteroatoms. The van der Waals surface area contributed by atoms with Gasteiger partial charge in [0.25, 0.3) is 0 Å². The molecule has 0 radical (unpaired) electrons. The highest BCUT2D eigenvalue weighted by Gasteiger charge is 2.19. The van der Waals surface area contributed by atoms with Crippen LogP contribution in [0.25, 0.3) is 0 Å². The first-order valence-electron chi connectivity index (χ1n) is 5.83. The van der Waals surface area contributed by atoms with E-state index in [1.165, 1.54) is 0 Å². The minimum Gasteiger partial charge on any atom is -0.395 e. The SMILES string of the molecule is CC(C)c1nn(C)c(SC(C)C(C)C)c1N. The Morgan fingerprint density at radius 3 is 2.12 bits per heavy atom. The topological polar surface area (TPSA) is 43.8 Å². The van der Waals surface area contributed by atoms with Crippen molar-refractivity contribution in [2.24, 2.45) is 13.0 Å². The fraction of sp³-hybridized carbons (Fsp3) is 0.750. The van der Waals surface area contributed by atoms with Gasteiger partial charge in [-0.3, -0.25) is 4.68 Å². The van der Waals surface area contributed by atoms with Gasteiger partial charge in [0.2, 0.25) is 0 Å². The Kier molecular flexibility index (Phi) is 4.30. The van der Waals surface area contributed by atoms with E-state index in [0.717, 1.165) is 16.4 Å². The van der Waals surface area contributed by atoms with Gasteiger partial charge in [-0.2, -0.15) is 5.10 Å². The van der Waals surface area contributed by atoms with Crippen molar-refractivity contribution in [3.8, 4) is 0 Å². The molecule has 1 unspecified atom stereocenters. The van der Waals surface area contributed by atoms with Gasteiger partial charge in [-0.25, -0.2) is 0 Å². The summed E-state index contributed by atoms with van der Waals surface area (Å²) in [7, 11) is 1.97. The van der Waals surface area contributed by atoms with E-state index in [2.05, 4.69) is 39.7 Å². The zero-order valence-corrected chi connectivity index (χ0v) is 11.9. The number of aromatic nitrogens is 2. The number of rotatable bonds is 4. The summed E-state index contributed by atoms with van der Waals surface area (Å²) in [5.74, 6) is 1.02. The number of nitrogens with two attached hydrogens (primary N) is 1. The standard InChI is InChI=1S/C12H23N3S/c1-7(2)9(5)16-12-10(13)11(8(3)4)14-15(12)6/h7-9H,13H2,1-6H3. The molecule has 0 bridgehead atoms. The van der Waals surface area contributed by atoms with Crippen LogP contribution in [-0.4, -0.2) is 15.0 Å². The van der Waals surface area contributed by atoms with Crippen molar-refractivity contribution < 1.29 is 0 Å². The molecular weight excluding hydrogens is 218 g/mol. The molecule has 1 heterocycles. The molecular formula is C12H23N3S. The molecule has 1 atom stereocenters. The van der Waals surface area contributed by atoms with Crippen LogP contribution in [0.3, 0.4) is 0 Å². The average Bonchev–Trinajstić information content (AvgIpc) is 2.45. The number of nitrogens with zero attached hydrogens (tertiary/aromatic N) is 2. The van der Waals surface area contributed by atoms with E-state index in [4.69, 9.17) is 5.73 Å². The van der Waals surface area contributed by atoms with Gasteiger partial charge in [0.15, 0.2) is 0 Å². The van der Waals surface area contributed by atoms with E-state index < -0.39 is 0 Å². The summed E-state index contributed by atoms with van der Waals surface area (Å²) >= 11 is 1.82. The lowest BCUT2D eigenvalue weighted by Gasteiger charge is -2.15. The summed E-state index contributed by atoms with van der Waals surface area (Å²) in [5, 5.41) is 6.15. The Morgan fingerprint density at radius 2 is 1.75 bits per heavy atom. The van der Waals surface area contributed by atoms with Gasteiger partial charge in [0, 0.05) is 12.3 Å². The molecule has 1 aromatic heterocycles. The second kappa shape index (κ2) is 5.13. The van der Waals surface area contributed by atoms with Gasteiger partial charge < -0.3 is 5.73 Å². The highest BCUT2D eigenvalue weighted by atomic mass is 32.2. The van der Waals surface area contributed by atoms with Crippen molar-refractivity contribution in [3.63, 3.8) is 0 Å². The lowest BCUT2D eigenvalue weighted by molar-refractivity contribution is 0.632. The Bertz CT molecular complexity index is 355. The minimum absolute atomic E-state index is 0.384. The number of hydrogen-bond donors (Lipinski definition) is 1. The summed E-state index contributed by atoms with van der Waals surface area (Å²) in [6.07, 6.45) is 0. The predicted molar refractivity (Wildman–Crippen MR) is 71.9 cm³/mol. The molecule has 2 N–H and O–H groups in total. The summed E-state index contributed by atoms with van der Waals surface area (Å²) in [6.45, 7) is 10.9. The Hall–Kier alpha value is -0.640. The molecule has 16 heavy (non-hydrogen) atoms. The van der Waals surface area contributed by atoms with Gasteiger partial charge in [-0.1, -0.05) is 34.6 Å². The molecule has 0 spiro atoms. The smallest absolute Gasteiger partial charge is 0.117 e. The largest absolute Gasteiger partial charge is 0.395 e. The maximum atomic E-state index is 6.15. The van der Waals surface area contributed by atoms with Crippen LogP contribution in [0.4, 0.5) is 5.69 Å². The average molecular weight is 241 g/mol. The van der Waals surface area contributed by atoms with Crippen molar-refractivity contribution >= 4 is 17.4 Å². The monoisotopic (exact) mass is 241 g/mol. The Labute approximate surface area is 103 Å². The van der Waals surface area contributed by atoms with Gasteiger partial charge in [-0.15, -0.1) is 11.8 Å². The molecule has 1 rings (SSSR count). The highest BCUT2D eigenvalue weighted by molar-refractivity contribution is 8.00. The Morgan fingerprint density at radius 1 is 1.19 bits per heavy atom. The first kappa shape index (κ1) is 13.4. The van der Waals surface area contributed by atoms with E-state index in [0.29, 0.717) is 17.1 Å². The van der Waals surface area contributed by atoms with Crippen molar-refractivity contribution in [3.05, 3.63) is 5.69 Å². The molecule has 0 aliphatic carbocycles. The highest BCUT2D eigenvalue weighted by Crippen LogP contribution is 2.35. The third kappa shape index (κ3) is 2.73. The fourth-order valence-corrected chi connectivity index (χ4v) is 2.47. The van der Waals surface area contributed by atoms with Gasteiger partial charge >= 0.3 is 0 Å². The van der Waals surface area contributed by atoms with Crippen molar-refractivity contribution in [1.29, 1.82) is 0 Å². The quantitative estimate of drug-likeness (QED) is 0.823. The molecule has 0 fully saturated rings. The second-order valence-electron chi connectivity index (χ2n) is 4.95. The third-order valence-corrected chi connectivity index (χ3v) is 4.46. The van der Waals surface area contributed by atoms with E-state index in [1.807, 2.05) is 23.5 Å². The number of hydrogen-bond acceptors (Lipinski definition) is 3. The van der Waals surface area contributed by atoms with E-state index in [1.54, 1.807) is 0 Å². The minimum atomic E-state index is 0.384. The predicted octanol–water partition coefficient (Wildman–Crippen LogP) is 3.26. The molecule has 0 aliphatic heterocycles. The van der Waals surface area contributed by atoms with Gasteiger partial charge in [-0.05, 0) is 11.8 Å². The van der Waals surface area contributed by atoms with Crippen LogP contribution >= 0.6 is 11.8 Å². The fourth-order valence-electron chi connectivity index (χ4n) is 1.42. The van der Waals surface area contributed by atoms with Crippen LogP contribution < -0.4 is 5.73 Å². The van der Waals surface area contributed by atoms with Crippen LogP contribution in [-0.2, 0) is 7.05 Å². The van der Waals surface area contributed by atoms with E-state index >= 15 is 0 Å². The molecule has 1 aromatic rings. The normalized spacial score (nSPS) is 13.8. The molecule has 3 nitrogen and oxygen atoms in total. The zero-order chi connectivity index (χ0) is 12.5. The summed E-state index contributed by atoms with van der Waals surface area (Å²) < 4.78 is 1.91. The first-order chi connectivity index (χ1) is 7.34. The molecule has 0 amide bonds. The maximum Gasteiger partial charge on any atom is 0.117 e. The number of thioether (sulfide) groups is 1. The summed E-state index contributed by atoms with van der Waals surface area (Å²) in [4.78, 5) is 0. The van der Waals surface area contributed by atoms with Crippen LogP contribution in [0.1, 0.15) is 46.2 Å². The molecule has 0 aromatic carbocycles. The maximum absolute atomic E-state index is 6.15. The molecule has 0 saturated carbocycles. The number of nitrogen functional groups attached to an aromatic ring is 1. The van der Waals surface area contributed by atoms with Crippen LogP contribution in [0, 0.1) is 5.92 Å². The number of anilines is 1. The Balaban J connectivity index is 2.96. The lowest BCUT2D eigenvalue weighted by atomic mass is 10.1. The van der Waals surface area contributed by atoms with Crippen LogP contribution in [0.2, 0.25) is 0 Å². The molecule has 0 saturated heterocycles. The summed E-state index contributed by atoms with van der Waals surface area (Å²) in [6, 6.07) is 0. The molecule has 92 valence electrons. The van der Waals surface area contributed by atoms with E-state index in [-0.39, 0.29) is 0 Å². The first-order valence-corrected chi connectivity index (χ1v) is 6.71. The zero-order valence-electron chi connectivity index (χ0n) is 11.1. The van der Waals surface area contributed by atoms with E-state index in [9.17, 15) is 0 Å². The van der Waals surface area contributed by atoms with Crippen molar-refractivity contribution in [1.82, 2.24) is 9.78 Å². The van der Waals surface area contributed by atoms with Crippen molar-refractivity contribution in [2.75, 3.05) is 5.73 Å².